The Morgan fingerprint density at radius 2 is 2.04 bits per heavy atom. The van der Waals surface area contributed by atoms with Crippen LogP contribution in [0.2, 0.25) is 0 Å². The third-order valence-corrected chi connectivity index (χ3v) is 6.36. The van der Waals surface area contributed by atoms with E-state index in [0.717, 1.165) is 13.0 Å². The molecule has 4 atom stereocenters. The normalized spacial score (nSPS) is 30.1. The third-order valence-electron chi connectivity index (χ3n) is 6.36. The second kappa shape index (κ2) is 6.55. The van der Waals surface area contributed by atoms with Crippen molar-refractivity contribution >= 4 is 0 Å². The molecule has 3 rings (SSSR count). The van der Waals surface area contributed by atoms with E-state index in [1.165, 1.54) is 35.2 Å². The molecule has 0 amide bonds. The van der Waals surface area contributed by atoms with Gasteiger partial charge in [-0.25, -0.2) is 0 Å². The molecule has 0 radical (unpaired) electrons. The predicted molar refractivity (Wildman–Crippen MR) is 101 cm³/mol. The Morgan fingerprint density at radius 3 is 2.54 bits per heavy atom. The zero-order chi connectivity index (χ0) is 17.5. The van der Waals surface area contributed by atoms with Gasteiger partial charge in [-0.1, -0.05) is 57.5 Å². The molecule has 132 valence electrons. The molecular weight excluding hydrogens is 294 g/mol. The van der Waals surface area contributed by atoms with Crippen molar-refractivity contribution in [1.29, 1.82) is 0 Å². The molecule has 24 heavy (non-hydrogen) atoms. The van der Waals surface area contributed by atoms with Crippen molar-refractivity contribution in [2.75, 3.05) is 0 Å². The lowest BCUT2D eigenvalue weighted by atomic mass is 9.78. The van der Waals surface area contributed by atoms with E-state index < -0.39 is 0 Å². The van der Waals surface area contributed by atoms with Gasteiger partial charge in [0.15, 0.2) is 5.72 Å². The van der Waals surface area contributed by atoms with Crippen molar-refractivity contribution < 1.29 is 4.74 Å². The monoisotopic (exact) mass is 327 g/mol. The zero-order valence-electron chi connectivity index (χ0n) is 16.2. The molecule has 1 aromatic carbocycles. The van der Waals surface area contributed by atoms with Crippen LogP contribution >= 0.6 is 0 Å². The maximum atomic E-state index is 6.26. The minimum absolute atomic E-state index is 0.0303. The number of allylic oxidation sites excluding steroid dienone is 2. The van der Waals surface area contributed by atoms with Crippen LogP contribution in [0.15, 0.2) is 35.5 Å². The van der Waals surface area contributed by atoms with Gasteiger partial charge in [-0.3, -0.25) is 0 Å². The highest BCUT2D eigenvalue weighted by atomic mass is 16.6. The first-order valence-corrected chi connectivity index (χ1v) is 9.65. The first-order valence-electron chi connectivity index (χ1n) is 9.65. The summed E-state index contributed by atoms with van der Waals surface area (Å²) in [5.41, 5.74) is 5.81. The van der Waals surface area contributed by atoms with Gasteiger partial charge in [0.05, 0.1) is 0 Å². The highest BCUT2D eigenvalue weighted by molar-refractivity contribution is 5.30. The molecule has 2 heteroatoms. The lowest BCUT2D eigenvalue weighted by Crippen LogP contribution is -2.51. The van der Waals surface area contributed by atoms with E-state index in [0.29, 0.717) is 17.9 Å². The average Bonchev–Trinajstić information content (AvgIpc) is 3.21. The lowest BCUT2D eigenvalue weighted by Gasteiger charge is -2.44. The highest BCUT2D eigenvalue weighted by Gasteiger charge is 2.72. The molecule has 1 heterocycles. The number of hydrogen-bond donors (Lipinski definition) is 0. The Balaban J connectivity index is 2.01. The Morgan fingerprint density at radius 1 is 1.33 bits per heavy atom. The maximum Gasteiger partial charge on any atom is 0.170 e. The van der Waals surface area contributed by atoms with Crippen molar-refractivity contribution in [3.05, 3.63) is 46.7 Å². The van der Waals surface area contributed by atoms with Gasteiger partial charge in [-0.2, -0.15) is 0 Å². The van der Waals surface area contributed by atoms with Crippen LogP contribution in [0.3, 0.4) is 0 Å². The number of hydrogen-bond acceptors (Lipinski definition) is 2. The molecule has 2 fully saturated rings. The molecule has 1 saturated carbocycles. The summed E-state index contributed by atoms with van der Waals surface area (Å²) in [7, 11) is 0. The van der Waals surface area contributed by atoms with Crippen molar-refractivity contribution in [2.45, 2.75) is 79.2 Å². The standard InChI is InChI=1S/C22H33NO/c1-7-15(3)21(16(4)8-2)23(22-18(6)13-20(22)24-22)14-19-12-10-9-11-17(19)5/h9-12,15,18,20H,7-8,13-14H2,1-6H3/b21-16-/t15-,18?,20?,22?/m0/s1. The number of fused-ring (bicyclic) bond motifs is 1. The highest BCUT2D eigenvalue weighted by Crippen LogP contribution is 2.61. The van der Waals surface area contributed by atoms with Crippen LogP contribution in [0.1, 0.15) is 65.0 Å². The Bertz CT molecular complexity index is 635. The van der Waals surface area contributed by atoms with Crippen LogP contribution in [-0.2, 0) is 11.3 Å². The zero-order valence-corrected chi connectivity index (χ0v) is 16.2. The van der Waals surface area contributed by atoms with E-state index in [1.807, 2.05) is 0 Å². The first-order chi connectivity index (χ1) is 11.5. The molecule has 2 aliphatic rings. The van der Waals surface area contributed by atoms with Gasteiger partial charge in [-0.15, -0.1) is 0 Å². The van der Waals surface area contributed by atoms with Crippen molar-refractivity contribution in [2.24, 2.45) is 11.8 Å². The lowest BCUT2D eigenvalue weighted by molar-refractivity contribution is 0.0333. The Labute approximate surface area is 147 Å². The number of nitrogens with zero attached hydrogens (tertiary/aromatic N) is 1. The quantitative estimate of drug-likeness (QED) is 0.600. The minimum Gasteiger partial charge on any atom is -0.344 e. The SMILES string of the molecule is CC/C(C)=C(/[C@@H](C)CC)N(Cc1ccccc1C)C12OC1CC2C. The van der Waals surface area contributed by atoms with Gasteiger partial charge in [-0.05, 0) is 50.2 Å². The van der Waals surface area contributed by atoms with Gasteiger partial charge in [0, 0.05) is 18.2 Å². The minimum atomic E-state index is -0.0303. The molecule has 0 aromatic heterocycles. The van der Waals surface area contributed by atoms with E-state index >= 15 is 0 Å². The summed E-state index contributed by atoms with van der Waals surface area (Å²) in [4.78, 5) is 2.64. The average molecular weight is 328 g/mol. The fourth-order valence-corrected chi connectivity index (χ4v) is 4.32. The summed E-state index contributed by atoms with van der Waals surface area (Å²) >= 11 is 0. The second-order valence-corrected chi connectivity index (χ2v) is 7.84. The van der Waals surface area contributed by atoms with Gasteiger partial charge in [0.2, 0.25) is 0 Å². The van der Waals surface area contributed by atoms with Crippen molar-refractivity contribution in [3.63, 3.8) is 0 Å². The van der Waals surface area contributed by atoms with Gasteiger partial charge in [0.25, 0.3) is 0 Å². The summed E-state index contributed by atoms with van der Waals surface area (Å²) in [6.45, 7) is 14.8. The van der Waals surface area contributed by atoms with E-state index in [9.17, 15) is 0 Å². The first kappa shape index (κ1) is 17.5. The smallest absolute Gasteiger partial charge is 0.170 e. The summed E-state index contributed by atoms with van der Waals surface area (Å²) in [6, 6.07) is 8.79. The van der Waals surface area contributed by atoms with Crippen LogP contribution in [0.4, 0.5) is 0 Å². The molecule has 1 saturated heterocycles. The van der Waals surface area contributed by atoms with Crippen molar-refractivity contribution in [3.8, 4) is 0 Å². The maximum absolute atomic E-state index is 6.26. The van der Waals surface area contributed by atoms with Gasteiger partial charge in [0.1, 0.15) is 6.10 Å². The largest absolute Gasteiger partial charge is 0.344 e. The fourth-order valence-electron chi connectivity index (χ4n) is 4.32. The Hall–Kier alpha value is -1.28. The molecule has 0 spiro atoms. The summed E-state index contributed by atoms with van der Waals surface area (Å²) < 4.78 is 6.26. The van der Waals surface area contributed by atoms with Crippen LogP contribution in [0.5, 0.6) is 0 Å². The van der Waals surface area contributed by atoms with Crippen LogP contribution in [0.25, 0.3) is 0 Å². The molecule has 2 nitrogen and oxygen atoms in total. The third kappa shape index (κ3) is 2.69. The number of rotatable bonds is 7. The summed E-state index contributed by atoms with van der Waals surface area (Å²) in [5.74, 6) is 1.19. The predicted octanol–water partition coefficient (Wildman–Crippen LogP) is 5.66. The van der Waals surface area contributed by atoms with Crippen LogP contribution in [0, 0.1) is 18.8 Å². The van der Waals surface area contributed by atoms with E-state index in [4.69, 9.17) is 4.74 Å². The van der Waals surface area contributed by atoms with E-state index in [1.54, 1.807) is 0 Å². The number of epoxide rings is 1. The van der Waals surface area contributed by atoms with Gasteiger partial charge < -0.3 is 9.64 Å². The number of ether oxygens (including phenoxy) is 1. The summed E-state index contributed by atoms with van der Waals surface area (Å²) in [5, 5.41) is 0. The molecule has 3 unspecified atom stereocenters. The fraction of sp³-hybridized carbons (Fsp3) is 0.636. The Kier molecular flexibility index (Phi) is 4.79. The van der Waals surface area contributed by atoms with E-state index in [2.05, 4.69) is 70.7 Å². The van der Waals surface area contributed by atoms with E-state index in [-0.39, 0.29) is 5.72 Å². The molecule has 0 N–H and O–H groups in total. The van der Waals surface area contributed by atoms with Gasteiger partial charge >= 0.3 is 0 Å². The molecule has 1 aliphatic carbocycles. The molecular formula is C22H33NO. The molecule has 1 aliphatic heterocycles. The topological polar surface area (TPSA) is 15.8 Å². The second-order valence-electron chi connectivity index (χ2n) is 7.84. The van der Waals surface area contributed by atoms with Crippen LogP contribution < -0.4 is 0 Å². The van der Waals surface area contributed by atoms with Crippen molar-refractivity contribution in [1.82, 2.24) is 4.90 Å². The molecule has 1 aromatic rings. The number of benzene rings is 1. The number of aryl methyl sites for hydroxylation is 1. The van der Waals surface area contributed by atoms with Crippen LogP contribution in [-0.4, -0.2) is 16.7 Å². The molecule has 0 bridgehead atoms. The summed E-state index contributed by atoms with van der Waals surface area (Å²) in [6.07, 6.45) is 3.94.